The van der Waals surface area contributed by atoms with Gasteiger partial charge in [0.05, 0.1) is 18.8 Å². The summed E-state index contributed by atoms with van der Waals surface area (Å²) in [5.74, 6) is -0.0929. The second kappa shape index (κ2) is 30.9. The quantitative estimate of drug-likeness (QED) is 0.0677. The van der Waals surface area contributed by atoms with Crippen molar-refractivity contribution >= 4 is 5.91 Å². The maximum absolute atomic E-state index is 12.2. The molecule has 0 aliphatic rings. The van der Waals surface area contributed by atoms with E-state index in [1.54, 1.807) is 6.08 Å². The van der Waals surface area contributed by atoms with Crippen LogP contribution in [0.3, 0.4) is 0 Å². The van der Waals surface area contributed by atoms with Crippen LogP contribution in [0.25, 0.3) is 0 Å². The van der Waals surface area contributed by atoms with Crippen molar-refractivity contribution in [2.75, 3.05) is 6.61 Å². The van der Waals surface area contributed by atoms with Gasteiger partial charge in [0.25, 0.3) is 0 Å². The number of aliphatic hydroxyl groups is 2. The number of carbonyl (C=O) groups is 1. The molecule has 0 aromatic rings. The Morgan fingerprint density at radius 1 is 0.615 bits per heavy atom. The Balaban J connectivity index is 3.77. The zero-order valence-corrected chi connectivity index (χ0v) is 25.6. The lowest BCUT2D eigenvalue weighted by Crippen LogP contribution is -2.45. The Labute approximate surface area is 242 Å². The molecule has 0 bridgehead atoms. The molecule has 0 saturated heterocycles. The smallest absolute Gasteiger partial charge is 0.220 e. The summed E-state index contributed by atoms with van der Waals surface area (Å²) in [7, 11) is 0. The first-order valence-electron chi connectivity index (χ1n) is 16.4. The summed E-state index contributed by atoms with van der Waals surface area (Å²) in [4.78, 5) is 12.2. The van der Waals surface area contributed by atoms with Gasteiger partial charge in [-0.15, -0.1) is 0 Å². The van der Waals surface area contributed by atoms with Crippen LogP contribution in [0.1, 0.15) is 149 Å². The average Bonchev–Trinajstić information content (AvgIpc) is 2.94. The van der Waals surface area contributed by atoms with Gasteiger partial charge in [0.2, 0.25) is 5.91 Å². The lowest BCUT2D eigenvalue weighted by atomic mass is 10.1. The molecule has 0 aromatic heterocycles. The van der Waals surface area contributed by atoms with Crippen LogP contribution in [0.5, 0.6) is 0 Å². The van der Waals surface area contributed by atoms with Gasteiger partial charge in [-0.25, -0.2) is 0 Å². The highest BCUT2D eigenvalue weighted by Crippen LogP contribution is 2.10. The van der Waals surface area contributed by atoms with Crippen LogP contribution < -0.4 is 5.32 Å². The highest BCUT2D eigenvalue weighted by atomic mass is 16.3. The van der Waals surface area contributed by atoms with Gasteiger partial charge in [0.15, 0.2) is 0 Å². The van der Waals surface area contributed by atoms with Crippen molar-refractivity contribution in [3.63, 3.8) is 0 Å². The van der Waals surface area contributed by atoms with E-state index in [-0.39, 0.29) is 12.5 Å². The molecule has 0 rings (SSSR count). The Morgan fingerprint density at radius 3 is 1.72 bits per heavy atom. The fraction of sp³-hybridized carbons (Fsp3) is 0.743. The Hall–Kier alpha value is -1.65. The number of aliphatic hydroxyl groups excluding tert-OH is 2. The number of rotatable bonds is 28. The van der Waals surface area contributed by atoms with Crippen molar-refractivity contribution in [2.45, 2.75) is 161 Å². The third kappa shape index (κ3) is 27.7. The van der Waals surface area contributed by atoms with E-state index in [0.717, 1.165) is 51.4 Å². The van der Waals surface area contributed by atoms with Gasteiger partial charge in [-0.05, 0) is 57.8 Å². The van der Waals surface area contributed by atoms with Gasteiger partial charge in [-0.1, -0.05) is 133 Å². The number of allylic oxidation sites excluding steroid dienone is 7. The highest BCUT2D eigenvalue weighted by Gasteiger charge is 2.17. The first kappa shape index (κ1) is 37.4. The Morgan fingerprint density at radius 2 is 1.10 bits per heavy atom. The van der Waals surface area contributed by atoms with Crippen molar-refractivity contribution < 1.29 is 15.0 Å². The van der Waals surface area contributed by atoms with E-state index in [0.29, 0.717) is 6.42 Å². The zero-order chi connectivity index (χ0) is 28.7. The number of hydrogen-bond acceptors (Lipinski definition) is 3. The number of hydrogen-bond donors (Lipinski definition) is 3. The molecule has 0 aliphatic heterocycles. The number of amides is 1. The van der Waals surface area contributed by atoms with Crippen LogP contribution in [0.15, 0.2) is 48.6 Å². The minimum atomic E-state index is -0.865. The number of carbonyl (C=O) groups excluding carboxylic acids is 1. The molecular weight excluding hydrogens is 482 g/mol. The first-order valence-corrected chi connectivity index (χ1v) is 16.4. The van der Waals surface area contributed by atoms with Crippen LogP contribution in [0.4, 0.5) is 0 Å². The summed E-state index contributed by atoms with van der Waals surface area (Å²) < 4.78 is 0. The van der Waals surface area contributed by atoms with Gasteiger partial charge >= 0.3 is 0 Å². The fourth-order valence-electron chi connectivity index (χ4n) is 4.44. The minimum Gasteiger partial charge on any atom is -0.394 e. The van der Waals surface area contributed by atoms with E-state index in [2.05, 4.69) is 55.6 Å². The molecule has 39 heavy (non-hydrogen) atoms. The predicted molar refractivity (Wildman–Crippen MR) is 170 cm³/mol. The highest BCUT2D eigenvalue weighted by molar-refractivity contribution is 5.76. The molecule has 0 fully saturated rings. The summed E-state index contributed by atoms with van der Waals surface area (Å²) in [5.41, 5.74) is 0. The molecule has 2 atom stereocenters. The largest absolute Gasteiger partial charge is 0.394 e. The molecule has 0 aromatic carbocycles. The standard InChI is InChI=1S/C35H63NO3/c1-3-5-7-9-11-13-15-17-19-21-23-25-27-29-31-35(39)36-33(32-37)34(38)30-28-26-24-22-20-18-16-14-12-10-8-6-4-2/h9,11,15,17,20,22,28,30,33-34,37-38H,3-8,10,12-14,16,18-19,21,23-27,29,31-32H2,1-2H3,(H,36,39)/b11-9-,17-15-,22-20+,30-28+. The van der Waals surface area contributed by atoms with E-state index in [1.165, 1.54) is 77.0 Å². The molecule has 226 valence electrons. The first-order chi connectivity index (χ1) is 19.2. The van der Waals surface area contributed by atoms with E-state index >= 15 is 0 Å². The Kier molecular flexibility index (Phi) is 29.6. The molecule has 0 heterocycles. The van der Waals surface area contributed by atoms with E-state index < -0.39 is 12.1 Å². The van der Waals surface area contributed by atoms with Crippen molar-refractivity contribution in [3.05, 3.63) is 48.6 Å². The second-order valence-corrected chi connectivity index (χ2v) is 10.9. The summed E-state index contributed by atoms with van der Waals surface area (Å²) in [6.07, 6.45) is 40.4. The maximum atomic E-state index is 12.2. The normalized spacial score (nSPS) is 13.8. The van der Waals surface area contributed by atoms with Crippen LogP contribution in [0, 0.1) is 0 Å². The van der Waals surface area contributed by atoms with Crippen LogP contribution in [-0.4, -0.2) is 34.9 Å². The second-order valence-electron chi connectivity index (χ2n) is 10.9. The topological polar surface area (TPSA) is 69.6 Å². The molecule has 0 radical (unpaired) electrons. The summed E-state index contributed by atoms with van der Waals surface area (Å²) in [6.45, 7) is 4.21. The summed E-state index contributed by atoms with van der Waals surface area (Å²) in [6, 6.07) is -0.644. The molecule has 4 heteroatoms. The molecule has 4 nitrogen and oxygen atoms in total. The number of nitrogens with one attached hydrogen (secondary N) is 1. The molecule has 0 spiro atoms. The fourth-order valence-corrected chi connectivity index (χ4v) is 4.44. The monoisotopic (exact) mass is 545 g/mol. The van der Waals surface area contributed by atoms with Gasteiger partial charge in [0.1, 0.15) is 0 Å². The van der Waals surface area contributed by atoms with E-state index in [1.807, 2.05) is 6.08 Å². The van der Waals surface area contributed by atoms with Crippen molar-refractivity contribution in [3.8, 4) is 0 Å². The lowest BCUT2D eigenvalue weighted by Gasteiger charge is -2.19. The van der Waals surface area contributed by atoms with Crippen LogP contribution >= 0.6 is 0 Å². The van der Waals surface area contributed by atoms with Gasteiger partial charge in [-0.3, -0.25) is 4.79 Å². The van der Waals surface area contributed by atoms with E-state index in [9.17, 15) is 15.0 Å². The molecular formula is C35H63NO3. The molecule has 1 amide bonds. The van der Waals surface area contributed by atoms with Gasteiger partial charge in [0, 0.05) is 6.42 Å². The Bertz CT molecular complexity index is 638. The number of unbranched alkanes of at least 4 members (excludes halogenated alkanes) is 15. The van der Waals surface area contributed by atoms with Gasteiger partial charge in [-0.2, -0.15) is 0 Å². The molecule has 0 aliphatic carbocycles. The predicted octanol–water partition coefficient (Wildman–Crippen LogP) is 9.28. The van der Waals surface area contributed by atoms with Crippen molar-refractivity contribution in [1.82, 2.24) is 5.32 Å². The minimum absolute atomic E-state index is 0.0929. The summed E-state index contributed by atoms with van der Waals surface area (Å²) in [5, 5.41) is 22.7. The van der Waals surface area contributed by atoms with Crippen LogP contribution in [-0.2, 0) is 4.79 Å². The lowest BCUT2D eigenvalue weighted by molar-refractivity contribution is -0.123. The molecule has 2 unspecified atom stereocenters. The average molecular weight is 546 g/mol. The van der Waals surface area contributed by atoms with Crippen molar-refractivity contribution in [1.29, 1.82) is 0 Å². The third-order valence-electron chi connectivity index (χ3n) is 7.03. The van der Waals surface area contributed by atoms with Crippen LogP contribution in [0.2, 0.25) is 0 Å². The third-order valence-corrected chi connectivity index (χ3v) is 7.03. The molecule has 0 saturated carbocycles. The summed E-state index contributed by atoms with van der Waals surface area (Å²) >= 11 is 0. The SMILES string of the molecule is CCCC/C=C\C/C=C\CCCCCCCC(=O)NC(CO)C(O)/C=C/CC/C=C/CCCCCCCCC. The van der Waals surface area contributed by atoms with E-state index in [4.69, 9.17) is 0 Å². The van der Waals surface area contributed by atoms with Crippen molar-refractivity contribution in [2.24, 2.45) is 0 Å². The van der Waals surface area contributed by atoms with Gasteiger partial charge < -0.3 is 15.5 Å². The maximum Gasteiger partial charge on any atom is 0.220 e. The molecule has 3 N–H and O–H groups in total. The zero-order valence-electron chi connectivity index (χ0n) is 25.6.